The molecular formula is C13H14Cl4N2OS. The maximum Gasteiger partial charge on any atom is 0.262 e. The maximum absolute atomic E-state index is 12.2. The van der Waals surface area contributed by atoms with E-state index in [9.17, 15) is 4.79 Å². The van der Waals surface area contributed by atoms with Crippen molar-refractivity contribution in [2.75, 3.05) is 6.54 Å². The second kappa shape index (κ2) is 6.90. The third kappa shape index (κ3) is 4.38. The Morgan fingerprint density at radius 3 is 2.52 bits per heavy atom. The van der Waals surface area contributed by atoms with E-state index in [2.05, 4.69) is 5.32 Å². The molecule has 2 aromatic rings. The van der Waals surface area contributed by atoms with E-state index < -0.39 is 5.54 Å². The van der Waals surface area contributed by atoms with Gasteiger partial charge >= 0.3 is 0 Å². The first-order chi connectivity index (χ1) is 9.19. The van der Waals surface area contributed by atoms with Crippen LogP contribution in [0.5, 0.6) is 0 Å². The molecule has 21 heavy (non-hydrogen) atoms. The SMILES string of the molecule is CC(C)(N)CNC(=O)c1sc2cc(Cl)cc(Cl)c2c1Cl.Cl. The highest BCUT2D eigenvalue weighted by atomic mass is 35.5. The van der Waals surface area contributed by atoms with Crippen molar-refractivity contribution in [3.63, 3.8) is 0 Å². The van der Waals surface area contributed by atoms with Crippen molar-refractivity contribution in [2.45, 2.75) is 19.4 Å². The van der Waals surface area contributed by atoms with Crippen LogP contribution in [-0.4, -0.2) is 18.0 Å². The van der Waals surface area contributed by atoms with Gasteiger partial charge in [0.1, 0.15) is 4.88 Å². The number of carbonyl (C=O) groups excluding carboxylic acids is 1. The van der Waals surface area contributed by atoms with Crippen LogP contribution in [0.1, 0.15) is 23.5 Å². The van der Waals surface area contributed by atoms with Gasteiger partial charge in [0.2, 0.25) is 0 Å². The summed E-state index contributed by atoms with van der Waals surface area (Å²) in [5, 5.41) is 4.71. The van der Waals surface area contributed by atoms with Crippen molar-refractivity contribution in [1.82, 2.24) is 5.32 Å². The fraction of sp³-hybridized carbons (Fsp3) is 0.308. The normalized spacial score (nSPS) is 11.3. The van der Waals surface area contributed by atoms with E-state index in [4.69, 9.17) is 40.5 Å². The molecule has 1 heterocycles. The predicted molar refractivity (Wildman–Crippen MR) is 94.7 cm³/mol. The molecule has 0 aliphatic heterocycles. The second-order valence-corrected chi connectivity index (χ2v) is 7.45. The highest BCUT2D eigenvalue weighted by molar-refractivity contribution is 7.21. The van der Waals surface area contributed by atoms with Crippen molar-refractivity contribution in [1.29, 1.82) is 0 Å². The number of halogens is 4. The lowest BCUT2D eigenvalue weighted by atomic mass is 10.1. The maximum atomic E-state index is 12.2. The first-order valence-electron chi connectivity index (χ1n) is 5.83. The molecule has 1 amide bonds. The topological polar surface area (TPSA) is 55.1 Å². The van der Waals surface area contributed by atoms with Crippen LogP contribution in [0.25, 0.3) is 10.1 Å². The molecule has 3 nitrogen and oxygen atoms in total. The predicted octanol–water partition coefficient (Wildman–Crippen LogP) is 4.75. The van der Waals surface area contributed by atoms with Gasteiger partial charge in [0.15, 0.2) is 0 Å². The van der Waals surface area contributed by atoms with Gasteiger partial charge in [0.05, 0.1) is 10.0 Å². The van der Waals surface area contributed by atoms with Crippen molar-refractivity contribution in [3.05, 3.63) is 32.1 Å². The van der Waals surface area contributed by atoms with Crippen LogP contribution in [0.15, 0.2) is 12.1 Å². The van der Waals surface area contributed by atoms with Gasteiger partial charge in [-0.2, -0.15) is 0 Å². The quantitative estimate of drug-likeness (QED) is 0.798. The van der Waals surface area contributed by atoms with Gasteiger partial charge in [-0.15, -0.1) is 23.7 Å². The number of carbonyl (C=O) groups is 1. The van der Waals surface area contributed by atoms with Crippen molar-refractivity contribution >= 4 is 74.5 Å². The van der Waals surface area contributed by atoms with Gasteiger partial charge < -0.3 is 11.1 Å². The van der Waals surface area contributed by atoms with Crippen LogP contribution in [-0.2, 0) is 0 Å². The molecule has 0 bridgehead atoms. The molecule has 0 saturated heterocycles. The summed E-state index contributed by atoms with van der Waals surface area (Å²) in [6, 6.07) is 3.34. The molecule has 1 aromatic carbocycles. The van der Waals surface area contributed by atoms with Gasteiger partial charge in [0, 0.05) is 27.2 Å². The summed E-state index contributed by atoms with van der Waals surface area (Å²) in [4.78, 5) is 12.6. The molecular weight excluding hydrogens is 374 g/mol. The Morgan fingerprint density at radius 1 is 1.33 bits per heavy atom. The molecule has 0 aliphatic rings. The molecule has 0 atom stereocenters. The monoisotopic (exact) mass is 386 g/mol. The van der Waals surface area contributed by atoms with Crippen molar-refractivity contribution in [3.8, 4) is 0 Å². The minimum absolute atomic E-state index is 0. The summed E-state index contributed by atoms with van der Waals surface area (Å²) >= 11 is 19.6. The molecule has 0 unspecified atom stereocenters. The number of nitrogens with two attached hydrogens (primary N) is 1. The molecule has 8 heteroatoms. The molecule has 1 aromatic heterocycles. The van der Waals surface area contributed by atoms with E-state index in [1.807, 2.05) is 13.8 Å². The largest absolute Gasteiger partial charge is 0.349 e. The summed E-state index contributed by atoms with van der Waals surface area (Å²) in [7, 11) is 0. The van der Waals surface area contributed by atoms with Crippen LogP contribution >= 0.6 is 58.5 Å². The number of hydrogen-bond acceptors (Lipinski definition) is 3. The zero-order chi connectivity index (χ0) is 15.1. The van der Waals surface area contributed by atoms with Crippen LogP contribution in [0.4, 0.5) is 0 Å². The third-order valence-electron chi connectivity index (χ3n) is 2.56. The fourth-order valence-corrected chi connectivity index (χ4v) is 3.94. The summed E-state index contributed by atoms with van der Waals surface area (Å²) in [5.41, 5.74) is 5.35. The van der Waals surface area contributed by atoms with E-state index in [1.54, 1.807) is 12.1 Å². The van der Waals surface area contributed by atoms with Crippen LogP contribution in [0.2, 0.25) is 15.1 Å². The molecule has 0 radical (unpaired) electrons. The first-order valence-corrected chi connectivity index (χ1v) is 7.78. The number of fused-ring (bicyclic) bond motifs is 1. The Kier molecular flexibility index (Phi) is 6.18. The Bertz CT molecular complexity index is 679. The molecule has 3 N–H and O–H groups in total. The van der Waals surface area contributed by atoms with Gasteiger partial charge in [0.25, 0.3) is 5.91 Å². The number of nitrogens with one attached hydrogen (secondary N) is 1. The van der Waals surface area contributed by atoms with Gasteiger partial charge in [-0.3, -0.25) is 4.79 Å². The molecule has 2 rings (SSSR count). The average molecular weight is 388 g/mol. The zero-order valence-corrected chi connectivity index (χ0v) is 15.2. The Balaban J connectivity index is 0.00000220. The standard InChI is InChI=1S/C13H13Cl3N2OS.ClH/c1-13(2,17)5-18-12(19)11-10(16)9-7(15)3-6(14)4-8(9)20-11;/h3-4H,5,17H2,1-2H3,(H,18,19);1H. The minimum Gasteiger partial charge on any atom is -0.349 e. The number of hydrogen-bond donors (Lipinski definition) is 2. The molecule has 0 saturated carbocycles. The summed E-state index contributed by atoms with van der Waals surface area (Å²) in [5.74, 6) is -0.262. The van der Waals surface area contributed by atoms with E-state index in [0.717, 1.165) is 4.70 Å². The van der Waals surface area contributed by atoms with E-state index in [1.165, 1.54) is 11.3 Å². The van der Waals surface area contributed by atoms with Gasteiger partial charge in [-0.25, -0.2) is 0 Å². The molecule has 0 fully saturated rings. The van der Waals surface area contributed by atoms with Gasteiger partial charge in [-0.1, -0.05) is 34.8 Å². The van der Waals surface area contributed by atoms with Crippen molar-refractivity contribution < 1.29 is 4.79 Å². The summed E-state index contributed by atoms with van der Waals surface area (Å²) in [6.45, 7) is 4.01. The number of rotatable bonds is 3. The number of amides is 1. The van der Waals surface area contributed by atoms with E-state index in [-0.39, 0.29) is 18.3 Å². The van der Waals surface area contributed by atoms with Crippen molar-refractivity contribution in [2.24, 2.45) is 5.73 Å². The zero-order valence-electron chi connectivity index (χ0n) is 11.3. The number of thiophene rings is 1. The molecule has 0 aliphatic carbocycles. The first kappa shape index (κ1) is 18.8. The average Bonchev–Trinajstić information content (AvgIpc) is 2.62. The van der Waals surface area contributed by atoms with E-state index >= 15 is 0 Å². The second-order valence-electron chi connectivity index (χ2n) is 5.18. The van der Waals surface area contributed by atoms with Crippen LogP contribution in [0, 0.1) is 0 Å². The summed E-state index contributed by atoms with van der Waals surface area (Å²) in [6.07, 6.45) is 0. The highest BCUT2D eigenvalue weighted by Gasteiger charge is 2.21. The lowest BCUT2D eigenvalue weighted by molar-refractivity contribution is 0.0950. The summed E-state index contributed by atoms with van der Waals surface area (Å²) < 4.78 is 0.782. The van der Waals surface area contributed by atoms with Crippen LogP contribution < -0.4 is 11.1 Å². The van der Waals surface area contributed by atoms with E-state index in [0.29, 0.717) is 31.9 Å². The lowest BCUT2D eigenvalue weighted by Gasteiger charge is -2.18. The Morgan fingerprint density at radius 2 is 1.95 bits per heavy atom. The minimum atomic E-state index is -0.486. The fourth-order valence-electron chi connectivity index (χ4n) is 1.65. The lowest BCUT2D eigenvalue weighted by Crippen LogP contribution is -2.45. The van der Waals surface area contributed by atoms with Gasteiger partial charge in [-0.05, 0) is 26.0 Å². The Labute approximate surface area is 148 Å². The Hall–Kier alpha value is -0.230. The number of benzene rings is 1. The smallest absolute Gasteiger partial charge is 0.262 e. The highest BCUT2D eigenvalue weighted by Crippen LogP contribution is 2.41. The van der Waals surface area contributed by atoms with Crippen LogP contribution in [0.3, 0.4) is 0 Å². The molecule has 116 valence electrons. The molecule has 0 spiro atoms. The third-order valence-corrected chi connectivity index (χ3v) is 4.70.